The van der Waals surface area contributed by atoms with Gasteiger partial charge in [-0.25, -0.2) is 17.5 Å². The van der Waals surface area contributed by atoms with Gasteiger partial charge in [0.15, 0.2) is 6.61 Å². The Morgan fingerprint density at radius 3 is 2.45 bits per heavy atom. The maximum Gasteiger partial charge on any atom is 0.338 e. The number of hydrogen-bond acceptors (Lipinski definition) is 6. The van der Waals surface area contributed by atoms with E-state index in [1.165, 1.54) is 38.4 Å². The van der Waals surface area contributed by atoms with E-state index < -0.39 is 16.0 Å². The smallest absolute Gasteiger partial charge is 0.338 e. The summed E-state index contributed by atoms with van der Waals surface area (Å²) in [6, 6.07) is 7.23. The second kappa shape index (κ2) is 9.33. The van der Waals surface area contributed by atoms with Crippen molar-refractivity contribution < 1.29 is 27.5 Å². The monoisotopic (exact) mass is 448 g/mol. The molecular weight excluding hydrogens is 420 g/mol. The summed E-state index contributed by atoms with van der Waals surface area (Å²) in [4.78, 5) is 25.0. The quantitative estimate of drug-likeness (QED) is 0.455. The number of ketones is 1. The molecule has 2 aromatic rings. The summed E-state index contributed by atoms with van der Waals surface area (Å²) in [6.45, 7) is 4.90. The first-order valence-corrected chi connectivity index (χ1v) is 11.6. The molecular formula is C22H28N2O6S. The van der Waals surface area contributed by atoms with Crippen LogP contribution in [0.3, 0.4) is 0 Å². The lowest BCUT2D eigenvalue weighted by Crippen LogP contribution is -2.22. The van der Waals surface area contributed by atoms with Crippen molar-refractivity contribution in [2.24, 2.45) is 0 Å². The fourth-order valence-corrected chi connectivity index (χ4v) is 4.52. The van der Waals surface area contributed by atoms with E-state index in [4.69, 9.17) is 9.47 Å². The fraction of sp³-hybridized carbons (Fsp3) is 0.455. The van der Waals surface area contributed by atoms with Crippen LogP contribution in [0.25, 0.3) is 0 Å². The van der Waals surface area contributed by atoms with Crippen LogP contribution < -0.4 is 0 Å². The fourth-order valence-electron chi connectivity index (χ4n) is 3.62. The van der Waals surface area contributed by atoms with Gasteiger partial charge in [0.1, 0.15) is 0 Å². The van der Waals surface area contributed by atoms with Gasteiger partial charge in [0.2, 0.25) is 15.8 Å². The van der Waals surface area contributed by atoms with E-state index in [9.17, 15) is 18.0 Å². The van der Waals surface area contributed by atoms with Gasteiger partial charge in [0, 0.05) is 44.2 Å². The number of aromatic nitrogens is 1. The van der Waals surface area contributed by atoms with Gasteiger partial charge in [-0.05, 0) is 57.0 Å². The number of sulfonamides is 1. The van der Waals surface area contributed by atoms with E-state index in [2.05, 4.69) is 4.57 Å². The summed E-state index contributed by atoms with van der Waals surface area (Å²) in [5, 5.41) is 0. The molecule has 168 valence electrons. The first kappa shape index (κ1) is 23.2. The minimum Gasteiger partial charge on any atom is -0.454 e. The second-order valence-electron chi connectivity index (χ2n) is 7.84. The molecule has 2 heterocycles. The number of Topliss-reactive ketones (excluding diaryl/α,β-unsaturated/α-hetero) is 1. The van der Waals surface area contributed by atoms with Crippen molar-refractivity contribution in [3.63, 3.8) is 0 Å². The number of esters is 1. The average Bonchev–Trinajstić information content (AvgIpc) is 3.35. The number of benzene rings is 1. The normalized spacial score (nSPS) is 16.6. The molecule has 1 aromatic heterocycles. The zero-order valence-electron chi connectivity index (χ0n) is 18.3. The molecule has 31 heavy (non-hydrogen) atoms. The SMILES string of the molecule is Cc1cc(C(=O)COC(=O)c2ccc(S(=O)(=O)N(C)C)cc2)c(C)n1CC1CCCO1. The third-order valence-corrected chi connectivity index (χ3v) is 7.32. The summed E-state index contributed by atoms with van der Waals surface area (Å²) in [7, 11) is -0.718. The highest BCUT2D eigenvalue weighted by Crippen LogP contribution is 2.21. The molecule has 0 spiro atoms. The molecule has 1 saturated heterocycles. The molecule has 1 aromatic carbocycles. The first-order valence-electron chi connectivity index (χ1n) is 10.1. The lowest BCUT2D eigenvalue weighted by Gasteiger charge is -2.14. The van der Waals surface area contributed by atoms with Crippen molar-refractivity contribution >= 4 is 21.8 Å². The Hall–Kier alpha value is -2.49. The van der Waals surface area contributed by atoms with Crippen LogP contribution in [0.15, 0.2) is 35.2 Å². The number of hydrogen-bond donors (Lipinski definition) is 0. The Morgan fingerprint density at radius 2 is 1.87 bits per heavy atom. The molecule has 1 aliphatic rings. The molecule has 0 radical (unpaired) electrons. The van der Waals surface area contributed by atoms with E-state index in [0.29, 0.717) is 12.1 Å². The summed E-state index contributed by atoms with van der Waals surface area (Å²) in [5.41, 5.74) is 2.48. The highest BCUT2D eigenvalue weighted by molar-refractivity contribution is 7.89. The van der Waals surface area contributed by atoms with Crippen molar-refractivity contribution in [2.45, 2.75) is 44.2 Å². The molecule has 1 atom stereocenters. The van der Waals surface area contributed by atoms with Gasteiger partial charge < -0.3 is 14.0 Å². The van der Waals surface area contributed by atoms with Crippen LogP contribution in [0, 0.1) is 13.8 Å². The number of ether oxygens (including phenoxy) is 2. The first-order chi connectivity index (χ1) is 14.6. The molecule has 1 fully saturated rings. The summed E-state index contributed by atoms with van der Waals surface area (Å²) >= 11 is 0. The van der Waals surface area contributed by atoms with Crippen LogP contribution in [-0.2, 0) is 26.0 Å². The van der Waals surface area contributed by atoms with Gasteiger partial charge >= 0.3 is 5.97 Å². The number of nitrogens with zero attached hydrogens (tertiary/aromatic N) is 2. The predicted molar refractivity (Wildman–Crippen MR) is 115 cm³/mol. The maximum absolute atomic E-state index is 12.7. The molecule has 1 unspecified atom stereocenters. The van der Waals surface area contributed by atoms with E-state index >= 15 is 0 Å². The van der Waals surface area contributed by atoms with Crippen LogP contribution in [0.5, 0.6) is 0 Å². The van der Waals surface area contributed by atoms with Crippen molar-refractivity contribution in [2.75, 3.05) is 27.3 Å². The third-order valence-electron chi connectivity index (χ3n) is 5.49. The van der Waals surface area contributed by atoms with Crippen molar-refractivity contribution in [1.82, 2.24) is 8.87 Å². The van der Waals surface area contributed by atoms with E-state index in [1.807, 2.05) is 13.8 Å². The van der Waals surface area contributed by atoms with Crippen LogP contribution in [0.4, 0.5) is 0 Å². The van der Waals surface area contributed by atoms with Crippen LogP contribution in [0.1, 0.15) is 44.9 Å². The zero-order valence-corrected chi connectivity index (χ0v) is 19.1. The molecule has 0 aliphatic carbocycles. The molecule has 1 aliphatic heterocycles. The minimum absolute atomic E-state index is 0.0730. The largest absolute Gasteiger partial charge is 0.454 e. The van der Waals surface area contributed by atoms with Crippen LogP contribution >= 0.6 is 0 Å². The minimum atomic E-state index is -3.58. The molecule has 0 N–H and O–H groups in total. The molecule has 9 heteroatoms. The molecule has 0 amide bonds. The van der Waals surface area contributed by atoms with Crippen molar-refractivity contribution in [1.29, 1.82) is 0 Å². The Morgan fingerprint density at radius 1 is 1.19 bits per heavy atom. The van der Waals surface area contributed by atoms with Crippen LogP contribution in [-0.4, -0.2) is 62.5 Å². The van der Waals surface area contributed by atoms with Gasteiger partial charge in [-0.15, -0.1) is 0 Å². The molecule has 8 nitrogen and oxygen atoms in total. The third kappa shape index (κ3) is 5.06. The van der Waals surface area contributed by atoms with E-state index in [1.54, 1.807) is 6.07 Å². The lowest BCUT2D eigenvalue weighted by atomic mass is 10.1. The van der Waals surface area contributed by atoms with Crippen molar-refractivity contribution in [3.8, 4) is 0 Å². The predicted octanol–water partition coefficient (Wildman–Crippen LogP) is 2.57. The van der Waals surface area contributed by atoms with Gasteiger partial charge in [0.05, 0.1) is 16.6 Å². The Labute approximate surface area is 182 Å². The standard InChI is InChI=1S/C22H28N2O6S/c1-15-12-20(16(2)24(15)13-18-6-5-11-29-18)21(25)14-30-22(26)17-7-9-19(10-8-17)31(27,28)23(3)4/h7-10,12,18H,5-6,11,13-14H2,1-4H3. The highest BCUT2D eigenvalue weighted by Gasteiger charge is 2.22. The van der Waals surface area contributed by atoms with Crippen molar-refractivity contribution in [3.05, 3.63) is 52.8 Å². The summed E-state index contributed by atoms with van der Waals surface area (Å²) in [5.74, 6) is -0.970. The molecule has 0 bridgehead atoms. The lowest BCUT2D eigenvalue weighted by molar-refractivity contribution is 0.0474. The number of carbonyl (C=O) groups excluding carboxylic acids is 2. The number of carbonyl (C=O) groups is 2. The Bertz CT molecular complexity index is 1060. The second-order valence-corrected chi connectivity index (χ2v) is 9.99. The van der Waals surface area contributed by atoms with Gasteiger partial charge in [-0.1, -0.05) is 0 Å². The topological polar surface area (TPSA) is 94.9 Å². The number of rotatable bonds is 8. The van der Waals surface area contributed by atoms with E-state index in [-0.39, 0.29) is 29.0 Å². The van der Waals surface area contributed by atoms with Gasteiger partial charge in [-0.3, -0.25) is 4.79 Å². The molecule has 0 saturated carbocycles. The van der Waals surface area contributed by atoms with Gasteiger partial charge in [-0.2, -0.15) is 0 Å². The Balaban J connectivity index is 1.63. The maximum atomic E-state index is 12.7. The number of aryl methyl sites for hydroxylation is 1. The van der Waals surface area contributed by atoms with Crippen LogP contribution in [0.2, 0.25) is 0 Å². The van der Waals surface area contributed by atoms with Gasteiger partial charge in [0.25, 0.3) is 0 Å². The Kier molecular flexibility index (Phi) is 6.98. The van der Waals surface area contributed by atoms with E-state index in [0.717, 1.165) is 35.1 Å². The molecule has 3 rings (SSSR count). The highest BCUT2D eigenvalue weighted by atomic mass is 32.2. The summed E-state index contributed by atoms with van der Waals surface area (Å²) < 4.78 is 38.2. The summed E-state index contributed by atoms with van der Waals surface area (Å²) in [6.07, 6.45) is 2.21. The zero-order chi connectivity index (χ0) is 22.8. The average molecular weight is 449 g/mol.